The van der Waals surface area contributed by atoms with Crippen molar-refractivity contribution in [2.45, 2.75) is 19.4 Å². The van der Waals surface area contributed by atoms with Gasteiger partial charge in [-0.15, -0.1) is 11.3 Å². The first-order chi connectivity index (χ1) is 8.24. The number of nitrogens with zero attached hydrogens (tertiary/aromatic N) is 1. The van der Waals surface area contributed by atoms with Crippen molar-refractivity contribution >= 4 is 11.3 Å². The third-order valence-electron chi connectivity index (χ3n) is 2.76. The van der Waals surface area contributed by atoms with Crippen molar-refractivity contribution < 1.29 is 0 Å². The molecule has 0 bridgehead atoms. The molecule has 0 saturated heterocycles. The highest BCUT2D eigenvalue weighted by atomic mass is 32.1. The number of hydrogen-bond donors (Lipinski definition) is 1. The molecule has 0 aliphatic heterocycles. The highest BCUT2D eigenvalue weighted by molar-refractivity contribution is 7.16. The van der Waals surface area contributed by atoms with Crippen molar-refractivity contribution in [2.24, 2.45) is 5.73 Å². The second-order valence-corrected chi connectivity index (χ2v) is 5.00. The highest BCUT2D eigenvalue weighted by Crippen LogP contribution is 2.29. The smallest absolute Gasteiger partial charge is 0.110 e. The summed E-state index contributed by atoms with van der Waals surface area (Å²) in [4.78, 5) is 1.86. The number of nitrogens with two attached hydrogens (primary N) is 1. The summed E-state index contributed by atoms with van der Waals surface area (Å²) in [6.07, 6.45) is 0.928. The summed E-state index contributed by atoms with van der Waals surface area (Å²) >= 11 is 1.51. The van der Waals surface area contributed by atoms with Gasteiger partial charge in [0.1, 0.15) is 10.9 Å². The summed E-state index contributed by atoms with van der Waals surface area (Å²) < 4.78 is 0. The average Bonchev–Trinajstić information content (AvgIpc) is 2.86. The van der Waals surface area contributed by atoms with E-state index in [2.05, 4.69) is 31.2 Å². The molecule has 86 valence electrons. The van der Waals surface area contributed by atoms with Crippen molar-refractivity contribution in [2.75, 3.05) is 0 Å². The molecule has 1 atom stereocenters. The van der Waals surface area contributed by atoms with Gasteiger partial charge in [0.25, 0.3) is 0 Å². The lowest BCUT2D eigenvalue weighted by Gasteiger charge is -2.10. The lowest BCUT2D eigenvalue weighted by Crippen LogP contribution is -2.08. The summed E-state index contributed by atoms with van der Waals surface area (Å²) in [5.74, 6) is 0. The van der Waals surface area contributed by atoms with Gasteiger partial charge in [-0.05, 0) is 35.7 Å². The van der Waals surface area contributed by atoms with Crippen LogP contribution in [0.25, 0.3) is 10.4 Å². The Balaban J connectivity index is 2.36. The number of thiophene rings is 1. The van der Waals surface area contributed by atoms with Crippen LogP contribution in [0.2, 0.25) is 0 Å². The molecule has 2 rings (SSSR count). The fourth-order valence-electron chi connectivity index (χ4n) is 1.71. The van der Waals surface area contributed by atoms with E-state index in [4.69, 9.17) is 11.0 Å². The van der Waals surface area contributed by atoms with E-state index in [0.29, 0.717) is 0 Å². The molecule has 1 aromatic carbocycles. The third-order valence-corrected chi connectivity index (χ3v) is 3.79. The molecule has 1 heterocycles. The van der Waals surface area contributed by atoms with Gasteiger partial charge < -0.3 is 5.73 Å². The van der Waals surface area contributed by atoms with Gasteiger partial charge in [0.05, 0.1) is 0 Å². The predicted molar refractivity (Wildman–Crippen MR) is 71.7 cm³/mol. The Morgan fingerprint density at radius 3 is 2.82 bits per heavy atom. The van der Waals surface area contributed by atoms with Crippen molar-refractivity contribution in [3.8, 4) is 16.5 Å². The van der Waals surface area contributed by atoms with E-state index in [0.717, 1.165) is 27.3 Å². The molecule has 0 spiro atoms. The van der Waals surface area contributed by atoms with E-state index >= 15 is 0 Å². The first-order valence-corrected chi connectivity index (χ1v) is 6.42. The topological polar surface area (TPSA) is 49.8 Å². The van der Waals surface area contributed by atoms with Gasteiger partial charge >= 0.3 is 0 Å². The minimum atomic E-state index is 0.0883. The van der Waals surface area contributed by atoms with Crippen LogP contribution in [0.1, 0.15) is 29.8 Å². The van der Waals surface area contributed by atoms with Gasteiger partial charge in [-0.25, -0.2) is 0 Å². The molecule has 1 aromatic heterocycles. The van der Waals surface area contributed by atoms with Crippen LogP contribution >= 0.6 is 11.3 Å². The normalized spacial score (nSPS) is 12.1. The third kappa shape index (κ3) is 2.55. The summed E-state index contributed by atoms with van der Waals surface area (Å²) in [6, 6.07) is 14.3. The van der Waals surface area contributed by atoms with Gasteiger partial charge in [-0.2, -0.15) is 5.26 Å². The zero-order chi connectivity index (χ0) is 12.3. The Morgan fingerprint density at radius 2 is 2.18 bits per heavy atom. The van der Waals surface area contributed by atoms with Crippen LogP contribution in [0.4, 0.5) is 0 Å². The van der Waals surface area contributed by atoms with Gasteiger partial charge in [-0.3, -0.25) is 0 Å². The van der Waals surface area contributed by atoms with Crippen LogP contribution in [0.3, 0.4) is 0 Å². The lowest BCUT2D eigenvalue weighted by molar-refractivity contribution is 0.699. The maximum Gasteiger partial charge on any atom is 0.110 e. The van der Waals surface area contributed by atoms with Crippen LogP contribution in [-0.2, 0) is 0 Å². The molecule has 0 amide bonds. The Labute approximate surface area is 105 Å². The molecule has 0 radical (unpaired) electrons. The molecular formula is C14H14N2S. The highest BCUT2D eigenvalue weighted by Gasteiger charge is 2.06. The lowest BCUT2D eigenvalue weighted by atomic mass is 10.0. The van der Waals surface area contributed by atoms with Crippen molar-refractivity contribution in [3.05, 3.63) is 46.8 Å². The standard InChI is InChI=1S/C14H14N2S/c1-2-13(16)10-4-3-5-11(8-10)14-7-6-12(9-15)17-14/h3-8,13H,2,16H2,1H3. The molecule has 3 heteroatoms. The van der Waals surface area contributed by atoms with Crippen LogP contribution in [-0.4, -0.2) is 0 Å². The van der Waals surface area contributed by atoms with E-state index in [-0.39, 0.29) is 6.04 Å². The van der Waals surface area contributed by atoms with Crippen molar-refractivity contribution in [3.63, 3.8) is 0 Å². The fourth-order valence-corrected chi connectivity index (χ4v) is 2.51. The van der Waals surface area contributed by atoms with Gasteiger partial charge in [0.15, 0.2) is 0 Å². The average molecular weight is 242 g/mol. The molecule has 1 unspecified atom stereocenters. The van der Waals surface area contributed by atoms with Crippen LogP contribution in [0.5, 0.6) is 0 Å². The largest absolute Gasteiger partial charge is 0.324 e. The zero-order valence-electron chi connectivity index (χ0n) is 9.68. The molecule has 2 N–H and O–H groups in total. The molecule has 0 fully saturated rings. The van der Waals surface area contributed by atoms with Gasteiger partial charge in [0, 0.05) is 10.9 Å². The molecule has 17 heavy (non-hydrogen) atoms. The van der Waals surface area contributed by atoms with E-state index < -0.39 is 0 Å². The van der Waals surface area contributed by atoms with E-state index in [1.165, 1.54) is 11.3 Å². The number of rotatable bonds is 3. The van der Waals surface area contributed by atoms with Crippen LogP contribution in [0.15, 0.2) is 36.4 Å². The Bertz CT molecular complexity index is 551. The van der Waals surface area contributed by atoms with Crippen LogP contribution in [0, 0.1) is 11.3 Å². The molecule has 2 nitrogen and oxygen atoms in total. The van der Waals surface area contributed by atoms with Crippen LogP contribution < -0.4 is 5.73 Å². The number of hydrogen-bond acceptors (Lipinski definition) is 3. The first-order valence-electron chi connectivity index (χ1n) is 5.60. The quantitative estimate of drug-likeness (QED) is 0.892. The summed E-state index contributed by atoms with van der Waals surface area (Å²) in [5, 5.41) is 8.82. The maximum absolute atomic E-state index is 8.82. The van der Waals surface area contributed by atoms with E-state index in [1.807, 2.05) is 18.2 Å². The Morgan fingerprint density at radius 1 is 1.35 bits per heavy atom. The van der Waals surface area contributed by atoms with Crippen molar-refractivity contribution in [1.82, 2.24) is 0 Å². The molecular weight excluding hydrogens is 228 g/mol. The molecule has 2 aromatic rings. The Kier molecular flexibility index (Phi) is 3.58. The second-order valence-electron chi connectivity index (χ2n) is 3.92. The minimum Gasteiger partial charge on any atom is -0.324 e. The summed E-state index contributed by atoms with van der Waals surface area (Å²) in [7, 11) is 0. The summed E-state index contributed by atoms with van der Waals surface area (Å²) in [5.41, 5.74) is 8.31. The van der Waals surface area contributed by atoms with E-state index in [1.54, 1.807) is 0 Å². The van der Waals surface area contributed by atoms with Gasteiger partial charge in [-0.1, -0.05) is 25.1 Å². The molecule has 0 aliphatic carbocycles. The minimum absolute atomic E-state index is 0.0883. The SMILES string of the molecule is CCC(N)c1cccc(-c2ccc(C#N)s2)c1. The zero-order valence-corrected chi connectivity index (χ0v) is 10.5. The Hall–Kier alpha value is -1.63. The fraction of sp³-hybridized carbons (Fsp3) is 0.214. The number of nitriles is 1. The van der Waals surface area contributed by atoms with Gasteiger partial charge in [0.2, 0.25) is 0 Å². The maximum atomic E-state index is 8.82. The monoisotopic (exact) mass is 242 g/mol. The molecule has 0 aliphatic rings. The second kappa shape index (κ2) is 5.13. The first kappa shape index (κ1) is 11.8. The van der Waals surface area contributed by atoms with E-state index in [9.17, 15) is 0 Å². The predicted octanol–water partition coefficient (Wildman–Crippen LogP) is 3.70. The molecule has 0 saturated carbocycles. The van der Waals surface area contributed by atoms with Crippen molar-refractivity contribution in [1.29, 1.82) is 5.26 Å². The number of benzene rings is 1. The summed E-state index contributed by atoms with van der Waals surface area (Å²) in [6.45, 7) is 2.08.